The summed E-state index contributed by atoms with van der Waals surface area (Å²) in [5.74, 6) is 5.12. The van der Waals surface area contributed by atoms with E-state index in [2.05, 4.69) is 21.4 Å². The second-order valence-corrected chi connectivity index (χ2v) is 4.42. The summed E-state index contributed by atoms with van der Waals surface area (Å²) in [6.07, 6.45) is -0.631. The molecular formula is C12H18BrFN2O2. The predicted molar refractivity (Wildman–Crippen MR) is 71.2 cm³/mol. The lowest BCUT2D eigenvalue weighted by atomic mass is 10.1. The van der Waals surface area contributed by atoms with Crippen molar-refractivity contribution in [1.29, 1.82) is 0 Å². The topological polar surface area (TPSA) is 56.5 Å². The van der Waals surface area contributed by atoms with Crippen LogP contribution in [-0.4, -0.2) is 19.5 Å². The standard InChI is InChI=1S/C12H18BrFN2O2/c1-3-17-12(18-4-2)11(16-15)8-6-5-7-9(13)10(8)14/h5-7,11-12,16H,3-4,15H2,1-2H3. The van der Waals surface area contributed by atoms with E-state index in [9.17, 15) is 4.39 Å². The molecular weight excluding hydrogens is 303 g/mol. The number of nitrogens with one attached hydrogen (secondary N) is 1. The number of halogens is 2. The van der Waals surface area contributed by atoms with E-state index >= 15 is 0 Å². The van der Waals surface area contributed by atoms with E-state index in [0.717, 1.165) is 0 Å². The normalized spacial score (nSPS) is 13.0. The molecule has 1 rings (SSSR count). The van der Waals surface area contributed by atoms with Gasteiger partial charge >= 0.3 is 0 Å². The average molecular weight is 321 g/mol. The molecule has 102 valence electrons. The molecule has 3 N–H and O–H groups in total. The van der Waals surface area contributed by atoms with E-state index in [4.69, 9.17) is 15.3 Å². The van der Waals surface area contributed by atoms with Gasteiger partial charge in [0.2, 0.25) is 0 Å². The Bertz CT molecular complexity index is 373. The van der Waals surface area contributed by atoms with E-state index in [1.54, 1.807) is 18.2 Å². The summed E-state index contributed by atoms with van der Waals surface area (Å²) in [7, 11) is 0. The van der Waals surface area contributed by atoms with Gasteiger partial charge < -0.3 is 9.47 Å². The zero-order valence-corrected chi connectivity index (χ0v) is 12.0. The van der Waals surface area contributed by atoms with Crippen molar-refractivity contribution in [2.45, 2.75) is 26.2 Å². The van der Waals surface area contributed by atoms with Crippen molar-refractivity contribution in [3.05, 3.63) is 34.1 Å². The number of benzene rings is 1. The third-order valence-electron chi connectivity index (χ3n) is 2.43. The molecule has 0 aromatic heterocycles. The lowest BCUT2D eigenvalue weighted by Gasteiger charge is -2.26. The Morgan fingerprint density at radius 1 is 1.33 bits per heavy atom. The quantitative estimate of drug-likeness (QED) is 0.460. The van der Waals surface area contributed by atoms with Gasteiger partial charge in [0.25, 0.3) is 0 Å². The van der Waals surface area contributed by atoms with Crippen molar-refractivity contribution in [3.8, 4) is 0 Å². The second-order valence-electron chi connectivity index (χ2n) is 3.57. The van der Waals surface area contributed by atoms with Crippen molar-refractivity contribution in [2.75, 3.05) is 13.2 Å². The van der Waals surface area contributed by atoms with E-state index in [-0.39, 0.29) is 5.82 Å². The maximum atomic E-state index is 14.0. The van der Waals surface area contributed by atoms with Gasteiger partial charge in [-0.25, -0.2) is 9.82 Å². The van der Waals surface area contributed by atoms with Crippen molar-refractivity contribution in [2.24, 2.45) is 5.84 Å². The van der Waals surface area contributed by atoms with Gasteiger partial charge in [-0.2, -0.15) is 0 Å². The molecule has 0 aliphatic rings. The minimum atomic E-state index is -0.631. The number of rotatable bonds is 7. The first-order valence-corrected chi connectivity index (χ1v) is 6.58. The predicted octanol–water partition coefficient (Wildman–Crippen LogP) is 2.49. The summed E-state index contributed by atoms with van der Waals surface area (Å²) in [5, 5.41) is 0. The highest BCUT2D eigenvalue weighted by molar-refractivity contribution is 9.10. The van der Waals surface area contributed by atoms with E-state index < -0.39 is 12.3 Å². The van der Waals surface area contributed by atoms with Crippen molar-refractivity contribution in [3.63, 3.8) is 0 Å². The van der Waals surface area contributed by atoms with E-state index in [1.165, 1.54) is 0 Å². The molecule has 1 atom stereocenters. The molecule has 0 saturated carbocycles. The monoisotopic (exact) mass is 320 g/mol. The molecule has 0 bridgehead atoms. The van der Waals surface area contributed by atoms with Gasteiger partial charge in [0, 0.05) is 18.8 Å². The summed E-state index contributed by atoms with van der Waals surface area (Å²) in [6, 6.07) is 4.45. The Balaban J connectivity index is 3.02. The summed E-state index contributed by atoms with van der Waals surface area (Å²) < 4.78 is 25.3. The number of hydrazine groups is 1. The number of ether oxygens (including phenoxy) is 2. The number of hydrogen-bond acceptors (Lipinski definition) is 4. The largest absolute Gasteiger partial charge is 0.351 e. The van der Waals surface area contributed by atoms with Crippen LogP contribution in [0.4, 0.5) is 4.39 Å². The molecule has 0 amide bonds. The third kappa shape index (κ3) is 3.73. The first-order valence-electron chi connectivity index (χ1n) is 5.78. The fraction of sp³-hybridized carbons (Fsp3) is 0.500. The van der Waals surface area contributed by atoms with Crippen LogP contribution in [-0.2, 0) is 9.47 Å². The first-order chi connectivity index (χ1) is 8.65. The molecule has 0 aliphatic heterocycles. The molecule has 0 aliphatic carbocycles. The summed E-state index contributed by atoms with van der Waals surface area (Å²) in [5.41, 5.74) is 2.95. The van der Waals surface area contributed by atoms with Crippen molar-refractivity contribution >= 4 is 15.9 Å². The molecule has 18 heavy (non-hydrogen) atoms. The smallest absolute Gasteiger partial charge is 0.178 e. The molecule has 0 radical (unpaired) electrons. The van der Waals surface area contributed by atoms with Gasteiger partial charge in [0.1, 0.15) is 5.82 Å². The zero-order valence-electron chi connectivity index (χ0n) is 10.5. The Kier molecular flexibility index (Phi) is 6.73. The summed E-state index contributed by atoms with van der Waals surface area (Å²) in [4.78, 5) is 0. The molecule has 1 aromatic rings. The van der Waals surface area contributed by atoms with Crippen LogP contribution in [0.3, 0.4) is 0 Å². The minimum absolute atomic E-state index is 0.371. The van der Waals surface area contributed by atoms with Gasteiger partial charge in [-0.05, 0) is 35.8 Å². The fourth-order valence-corrected chi connectivity index (χ4v) is 2.03. The van der Waals surface area contributed by atoms with Gasteiger partial charge in [-0.1, -0.05) is 12.1 Å². The molecule has 4 nitrogen and oxygen atoms in total. The maximum absolute atomic E-state index is 14.0. The Morgan fingerprint density at radius 3 is 2.44 bits per heavy atom. The Hall–Kier alpha value is -0.530. The number of hydrogen-bond donors (Lipinski definition) is 2. The van der Waals surface area contributed by atoms with Crippen LogP contribution in [0.15, 0.2) is 22.7 Å². The lowest BCUT2D eigenvalue weighted by Crippen LogP contribution is -2.40. The third-order valence-corrected chi connectivity index (χ3v) is 3.04. The van der Waals surface area contributed by atoms with Gasteiger partial charge in [0.15, 0.2) is 6.29 Å². The fourth-order valence-electron chi connectivity index (χ4n) is 1.64. The molecule has 0 heterocycles. The van der Waals surface area contributed by atoms with Gasteiger partial charge in [-0.15, -0.1) is 0 Å². The van der Waals surface area contributed by atoms with Crippen LogP contribution in [0.2, 0.25) is 0 Å². The molecule has 0 saturated heterocycles. The highest BCUT2D eigenvalue weighted by atomic mass is 79.9. The molecule has 6 heteroatoms. The number of nitrogens with two attached hydrogens (primary N) is 1. The SMILES string of the molecule is CCOC(OCC)C(NN)c1cccc(Br)c1F. The highest BCUT2D eigenvalue weighted by Crippen LogP contribution is 2.27. The Morgan fingerprint density at radius 2 is 1.94 bits per heavy atom. The van der Waals surface area contributed by atoms with Crippen LogP contribution < -0.4 is 11.3 Å². The van der Waals surface area contributed by atoms with Crippen LogP contribution in [0.5, 0.6) is 0 Å². The summed E-state index contributed by atoms with van der Waals surface area (Å²) in [6.45, 7) is 4.60. The lowest BCUT2D eigenvalue weighted by molar-refractivity contribution is -0.155. The second kappa shape index (κ2) is 7.81. The van der Waals surface area contributed by atoms with E-state index in [0.29, 0.717) is 23.2 Å². The van der Waals surface area contributed by atoms with Crippen molar-refractivity contribution < 1.29 is 13.9 Å². The molecule has 1 unspecified atom stereocenters. The first kappa shape index (κ1) is 15.5. The van der Waals surface area contributed by atoms with Gasteiger partial charge in [-0.3, -0.25) is 5.84 Å². The molecule has 0 fully saturated rings. The van der Waals surface area contributed by atoms with Crippen molar-refractivity contribution in [1.82, 2.24) is 5.43 Å². The van der Waals surface area contributed by atoms with Crippen LogP contribution >= 0.6 is 15.9 Å². The highest BCUT2D eigenvalue weighted by Gasteiger charge is 2.26. The van der Waals surface area contributed by atoms with E-state index in [1.807, 2.05) is 13.8 Å². The minimum Gasteiger partial charge on any atom is -0.351 e. The average Bonchev–Trinajstić information content (AvgIpc) is 2.36. The Labute approximate surface area is 115 Å². The van der Waals surface area contributed by atoms with Crippen LogP contribution in [0, 0.1) is 5.82 Å². The zero-order chi connectivity index (χ0) is 13.5. The molecule has 1 aromatic carbocycles. The van der Waals surface area contributed by atoms with Crippen LogP contribution in [0.25, 0.3) is 0 Å². The maximum Gasteiger partial charge on any atom is 0.178 e. The summed E-state index contributed by atoms with van der Waals surface area (Å²) >= 11 is 3.15. The molecule has 0 spiro atoms. The van der Waals surface area contributed by atoms with Crippen LogP contribution in [0.1, 0.15) is 25.5 Å². The van der Waals surface area contributed by atoms with Gasteiger partial charge in [0.05, 0.1) is 10.5 Å².